The Morgan fingerprint density at radius 2 is 1.67 bits per heavy atom. The number of amides is 2. The van der Waals surface area contributed by atoms with E-state index < -0.39 is 18.1 Å². The number of aliphatic carboxylic acids is 1. The second-order valence-electron chi connectivity index (χ2n) is 7.12. The van der Waals surface area contributed by atoms with Crippen LogP contribution in [0.4, 0.5) is 4.79 Å². The number of carbonyl (C=O) groups is 3. The standard InChI is InChI=1S/C23H24N2O5/c1-15(13-21(26)24-12-6-11-22(27)28)25-23(29)30-14-20-18-9-4-2-7-16(18)17-8-3-5-10-19(17)20/h2-11,15,20H,12-14H2,1H3,(H,24,26)(H,25,29)(H,27,28)/b11-6+/t15-/m0/s1. The topological polar surface area (TPSA) is 105 Å². The molecule has 0 saturated carbocycles. The van der Waals surface area contributed by atoms with Crippen molar-refractivity contribution < 1.29 is 24.2 Å². The van der Waals surface area contributed by atoms with Gasteiger partial charge in [0.15, 0.2) is 0 Å². The Labute approximate surface area is 174 Å². The van der Waals surface area contributed by atoms with Crippen LogP contribution < -0.4 is 10.6 Å². The van der Waals surface area contributed by atoms with Gasteiger partial charge in [0.2, 0.25) is 5.91 Å². The van der Waals surface area contributed by atoms with Gasteiger partial charge in [-0.15, -0.1) is 0 Å². The number of carbonyl (C=O) groups excluding carboxylic acids is 2. The van der Waals surface area contributed by atoms with Crippen LogP contribution in [0.5, 0.6) is 0 Å². The summed E-state index contributed by atoms with van der Waals surface area (Å²) in [4.78, 5) is 34.4. The van der Waals surface area contributed by atoms with Gasteiger partial charge >= 0.3 is 12.1 Å². The van der Waals surface area contributed by atoms with Gasteiger partial charge in [0.05, 0.1) is 0 Å². The predicted molar refractivity (Wildman–Crippen MR) is 112 cm³/mol. The van der Waals surface area contributed by atoms with E-state index in [1.807, 2.05) is 36.4 Å². The molecular formula is C23H24N2O5. The van der Waals surface area contributed by atoms with Gasteiger partial charge in [-0.3, -0.25) is 4.79 Å². The monoisotopic (exact) mass is 408 g/mol. The molecule has 3 N–H and O–H groups in total. The molecule has 0 spiro atoms. The number of benzene rings is 2. The molecule has 1 aliphatic rings. The fraction of sp³-hybridized carbons (Fsp3) is 0.261. The molecule has 30 heavy (non-hydrogen) atoms. The van der Waals surface area contributed by atoms with Crippen molar-refractivity contribution in [2.75, 3.05) is 13.2 Å². The van der Waals surface area contributed by atoms with Crippen molar-refractivity contribution in [3.63, 3.8) is 0 Å². The summed E-state index contributed by atoms with van der Waals surface area (Å²) >= 11 is 0. The normalized spacial score (nSPS) is 13.4. The van der Waals surface area contributed by atoms with Gasteiger partial charge in [-0.2, -0.15) is 0 Å². The number of hydrogen-bond acceptors (Lipinski definition) is 4. The second-order valence-corrected chi connectivity index (χ2v) is 7.12. The third-order valence-electron chi connectivity index (χ3n) is 4.88. The van der Waals surface area contributed by atoms with Gasteiger partial charge in [-0.25, -0.2) is 9.59 Å². The molecule has 0 fully saturated rings. The number of nitrogens with one attached hydrogen (secondary N) is 2. The van der Waals surface area contributed by atoms with Crippen molar-refractivity contribution in [2.24, 2.45) is 0 Å². The lowest BCUT2D eigenvalue weighted by Crippen LogP contribution is -2.38. The summed E-state index contributed by atoms with van der Waals surface area (Å²) < 4.78 is 5.46. The molecule has 7 nitrogen and oxygen atoms in total. The minimum atomic E-state index is -1.07. The molecule has 7 heteroatoms. The molecular weight excluding hydrogens is 384 g/mol. The first kappa shape index (κ1) is 21.1. The Balaban J connectivity index is 1.49. The highest BCUT2D eigenvalue weighted by Gasteiger charge is 2.29. The first-order valence-corrected chi connectivity index (χ1v) is 9.73. The summed E-state index contributed by atoms with van der Waals surface area (Å²) in [6.45, 7) is 2.02. The van der Waals surface area contributed by atoms with Gasteiger partial charge in [0.25, 0.3) is 0 Å². The summed E-state index contributed by atoms with van der Waals surface area (Å²) in [5.74, 6) is -1.39. The highest BCUT2D eigenvalue weighted by molar-refractivity contribution is 5.81. The number of ether oxygens (including phenoxy) is 1. The fourth-order valence-electron chi connectivity index (χ4n) is 3.58. The molecule has 156 valence electrons. The van der Waals surface area contributed by atoms with E-state index in [2.05, 4.69) is 22.8 Å². The van der Waals surface area contributed by atoms with Gasteiger partial charge in [-0.1, -0.05) is 54.6 Å². The van der Waals surface area contributed by atoms with Crippen LogP contribution in [-0.4, -0.2) is 42.3 Å². The van der Waals surface area contributed by atoms with Crippen molar-refractivity contribution in [1.29, 1.82) is 0 Å². The number of rotatable bonds is 8. The smallest absolute Gasteiger partial charge is 0.407 e. The molecule has 0 bridgehead atoms. The highest BCUT2D eigenvalue weighted by atomic mass is 16.5. The second kappa shape index (κ2) is 9.73. The zero-order valence-corrected chi connectivity index (χ0v) is 16.6. The number of alkyl carbamates (subject to hydrolysis) is 1. The van der Waals surface area contributed by atoms with Crippen LogP contribution in [0, 0.1) is 0 Å². The average Bonchev–Trinajstić information content (AvgIpc) is 3.03. The maximum atomic E-state index is 12.2. The minimum absolute atomic E-state index is 0.0252. The molecule has 3 rings (SSSR count). The Bertz CT molecular complexity index is 924. The molecule has 0 heterocycles. The average molecular weight is 408 g/mol. The van der Waals surface area contributed by atoms with Crippen LogP contribution in [0.2, 0.25) is 0 Å². The van der Waals surface area contributed by atoms with E-state index in [4.69, 9.17) is 9.84 Å². The van der Waals surface area contributed by atoms with Crippen molar-refractivity contribution in [3.05, 3.63) is 71.8 Å². The van der Waals surface area contributed by atoms with E-state index in [0.717, 1.165) is 28.3 Å². The first-order valence-electron chi connectivity index (χ1n) is 9.73. The quantitative estimate of drug-likeness (QED) is 0.583. The maximum Gasteiger partial charge on any atom is 0.407 e. The zero-order valence-electron chi connectivity index (χ0n) is 16.6. The lowest BCUT2D eigenvalue weighted by molar-refractivity contribution is -0.131. The van der Waals surface area contributed by atoms with Crippen molar-refractivity contribution >= 4 is 18.0 Å². The third-order valence-corrected chi connectivity index (χ3v) is 4.88. The largest absolute Gasteiger partial charge is 0.478 e. The lowest BCUT2D eigenvalue weighted by atomic mass is 9.98. The van der Waals surface area contributed by atoms with Gasteiger partial charge in [0.1, 0.15) is 6.61 Å². The van der Waals surface area contributed by atoms with Crippen LogP contribution >= 0.6 is 0 Å². The molecule has 0 aromatic heterocycles. The maximum absolute atomic E-state index is 12.2. The van der Waals surface area contributed by atoms with Crippen LogP contribution in [0.3, 0.4) is 0 Å². The Hall–Kier alpha value is -3.61. The molecule has 2 amide bonds. The van der Waals surface area contributed by atoms with Crippen LogP contribution in [-0.2, 0) is 14.3 Å². The SMILES string of the molecule is C[C@@H](CC(=O)NC/C=C/C(=O)O)NC(=O)OCC1c2ccccc2-c2ccccc21. The molecule has 2 aromatic carbocycles. The summed E-state index contributed by atoms with van der Waals surface area (Å²) in [5.41, 5.74) is 4.58. The van der Waals surface area contributed by atoms with Gasteiger partial charge in [0, 0.05) is 31.0 Å². The van der Waals surface area contributed by atoms with Crippen molar-refractivity contribution in [2.45, 2.75) is 25.3 Å². The predicted octanol–water partition coefficient (Wildman–Crippen LogP) is 3.06. The van der Waals surface area contributed by atoms with Crippen LogP contribution in [0.15, 0.2) is 60.7 Å². The Morgan fingerprint density at radius 1 is 1.07 bits per heavy atom. The highest BCUT2D eigenvalue weighted by Crippen LogP contribution is 2.44. The summed E-state index contributed by atoms with van der Waals surface area (Å²) in [7, 11) is 0. The molecule has 0 radical (unpaired) electrons. The van der Waals surface area contributed by atoms with E-state index in [-0.39, 0.29) is 31.4 Å². The van der Waals surface area contributed by atoms with Crippen LogP contribution in [0.1, 0.15) is 30.4 Å². The number of carboxylic acids is 1. The molecule has 0 saturated heterocycles. The lowest BCUT2D eigenvalue weighted by Gasteiger charge is -2.17. The van der Waals surface area contributed by atoms with E-state index in [9.17, 15) is 14.4 Å². The first-order chi connectivity index (χ1) is 14.5. The van der Waals surface area contributed by atoms with E-state index in [0.29, 0.717) is 0 Å². The van der Waals surface area contributed by atoms with Gasteiger partial charge in [-0.05, 0) is 29.2 Å². The summed E-state index contributed by atoms with van der Waals surface area (Å²) in [6.07, 6.45) is 1.77. The van der Waals surface area contributed by atoms with Gasteiger partial charge < -0.3 is 20.5 Å². The third kappa shape index (κ3) is 5.26. The van der Waals surface area contributed by atoms with Crippen molar-refractivity contribution in [3.8, 4) is 11.1 Å². The fourth-order valence-corrected chi connectivity index (χ4v) is 3.58. The Morgan fingerprint density at radius 3 is 2.27 bits per heavy atom. The zero-order chi connectivity index (χ0) is 21.5. The Kier molecular flexibility index (Phi) is 6.85. The number of carboxylic acid groups (broad SMARTS) is 1. The van der Waals surface area contributed by atoms with E-state index in [1.54, 1.807) is 6.92 Å². The molecule has 1 atom stereocenters. The van der Waals surface area contributed by atoms with Crippen LogP contribution in [0.25, 0.3) is 11.1 Å². The molecule has 0 aliphatic heterocycles. The summed E-state index contributed by atoms with van der Waals surface area (Å²) in [5, 5.41) is 13.7. The summed E-state index contributed by atoms with van der Waals surface area (Å²) in [6, 6.07) is 15.8. The molecule has 2 aromatic rings. The molecule has 1 aliphatic carbocycles. The molecule has 0 unspecified atom stereocenters. The van der Waals surface area contributed by atoms with E-state index in [1.165, 1.54) is 6.08 Å². The number of fused-ring (bicyclic) bond motifs is 3. The number of hydrogen-bond donors (Lipinski definition) is 3. The minimum Gasteiger partial charge on any atom is -0.478 e. The van der Waals surface area contributed by atoms with Crippen molar-refractivity contribution in [1.82, 2.24) is 10.6 Å². The van der Waals surface area contributed by atoms with E-state index >= 15 is 0 Å².